The van der Waals surface area contributed by atoms with Gasteiger partial charge in [-0.05, 0) is 31.0 Å². The predicted octanol–water partition coefficient (Wildman–Crippen LogP) is 1.55. The molecule has 4 nitrogen and oxygen atoms in total. The number of halogens is 1. The average molecular weight is 253 g/mol. The van der Waals surface area contributed by atoms with Crippen molar-refractivity contribution in [2.75, 3.05) is 13.6 Å². The number of rotatable bonds is 5. The van der Waals surface area contributed by atoms with Crippen molar-refractivity contribution in [3.63, 3.8) is 0 Å². The zero-order valence-electron chi connectivity index (χ0n) is 10.4. The minimum absolute atomic E-state index is 0.319. The van der Waals surface area contributed by atoms with Crippen LogP contribution in [0, 0.1) is 11.7 Å². The van der Waals surface area contributed by atoms with Crippen molar-refractivity contribution in [1.29, 1.82) is 0 Å². The molecule has 1 atom stereocenters. The first-order valence-corrected chi connectivity index (χ1v) is 5.64. The number of carboxylic acids is 1. The Hall–Kier alpha value is -1.91. The van der Waals surface area contributed by atoms with Gasteiger partial charge in [-0.2, -0.15) is 0 Å². The van der Waals surface area contributed by atoms with Crippen LogP contribution < -0.4 is 0 Å². The predicted molar refractivity (Wildman–Crippen MR) is 64.5 cm³/mol. The minimum Gasteiger partial charge on any atom is -0.481 e. The summed E-state index contributed by atoms with van der Waals surface area (Å²) in [6, 6.07) is 6.12. The van der Waals surface area contributed by atoms with E-state index in [1.807, 2.05) is 0 Å². The van der Waals surface area contributed by atoms with Gasteiger partial charge < -0.3 is 10.0 Å². The highest BCUT2D eigenvalue weighted by molar-refractivity contribution is 5.96. The maximum atomic E-state index is 12.9. The van der Waals surface area contributed by atoms with Crippen LogP contribution in [0.4, 0.5) is 4.39 Å². The Labute approximate surface area is 105 Å². The van der Waals surface area contributed by atoms with Gasteiger partial charge in [0, 0.05) is 13.6 Å². The number of amides is 1. The summed E-state index contributed by atoms with van der Waals surface area (Å²) in [4.78, 5) is 23.7. The summed E-state index contributed by atoms with van der Waals surface area (Å²) in [5.74, 6) is -2.96. The highest BCUT2D eigenvalue weighted by Gasteiger charge is 2.23. The molecule has 0 radical (unpaired) electrons. The van der Waals surface area contributed by atoms with Crippen LogP contribution in [0.2, 0.25) is 0 Å². The van der Waals surface area contributed by atoms with Gasteiger partial charge in [0.05, 0.1) is 0 Å². The summed E-state index contributed by atoms with van der Waals surface area (Å²) in [5.41, 5.74) is 0.776. The lowest BCUT2D eigenvalue weighted by Crippen LogP contribution is -2.36. The van der Waals surface area contributed by atoms with E-state index in [1.165, 1.54) is 24.0 Å². The highest BCUT2D eigenvalue weighted by Crippen LogP contribution is 2.06. The second-order valence-corrected chi connectivity index (χ2v) is 4.20. The third kappa shape index (κ3) is 3.84. The van der Waals surface area contributed by atoms with E-state index in [-0.39, 0.29) is 5.82 Å². The van der Waals surface area contributed by atoms with Gasteiger partial charge >= 0.3 is 5.97 Å². The van der Waals surface area contributed by atoms with Crippen LogP contribution in [0.5, 0.6) is 0 Å². The zero-order chi connectivity index (χ0) is 13.7. The molecule has 1 aromatic carbocycles. The highest BCUT2D eigenvalue weighted by atomic mass is 19.1. The van der Waals surface area contributed by atoms with Crippen molar-refractivity contribution >= 4 is 11.9 Å². The van der Waals surface area contributed by atoms with Crippen molar-refractivity contribution < 1.29 is 19.1 Å². The molecule has 1 N–H and O–H groups in total. The molecule has 1 unspecified atom stereocenters. The van der Waals surface area contributed by atoms with Crippen molar-refractivity contribution in [2.45, 2.75) is 13.3 Å². The van der Waals surface area contributed by atoms with E-state index >= 15 is 0 Å². The molecule has 5 heteroatoms. The third-order valence-corrected chi connectivity index (χ3v) is 2.74. The molecule has 0 aliphatic heterocycles. The lowest BCUT2D eigenvalue weighted by atomic mass is 10.1. The summed E-state index contributed by atoms with van der Waals surface area (Å²) in [7, 11) is 1.54. The molecule has 0 bridgehead atoms. The molecule has 1 amide bonds. The first kappa shape index (κ1) is 14.2. The van der Waals surface area contributed by atoms with Crippen LogP contribution in [-0.4, -0.2) is 35.5 Å². The van der Waals surface area contributed by atoms with E-state index in [0.717, 1.165) is 5.56 Å². The lowest BCUT2D eigenvalue weighted by molar-refractivity contribution is -0.149. The zero-order valence-corrected chi connectivity index (χ0v) is 10.4. The molecule has 0 heterocycles. The van der Waals surface area contributed by atoms with Gasteiger partial charge in [-0.25, -0.2) is 4.39 Å². The molecular weight excluding hydrogens is 237 g/mol. The Balaban J connectivity index is 2.53. The van der Waals surface area contributed by atoms with Crippen LogP contribution >= 0.6 is 0 Å². The summed E-state index contributed by atoms with van der Waals surface area (Å²) in [6.45, 7) is 1.71. The number of hydrogen-bond donors (Lipinski definition) is 1. The summed E-state index contributed by atoms with van der Waals surface area (Å²) in [5, 5.41) is 8.73. The van der Waals surface area contributed by atoms with Gasteiger partial charge in [0.2, 0.25) is 5.91 Å². The van der Waals surface area contributed by atoms with Crippen LogP contribution in [-0.2, 0) is 16.0 Å². The molecule has 0 aliphatic carbocycles. The van der Waals surface area contributed by atoms with Crippen molar-refractivity contribution in [3.8, 4) is 0 Å². The smallest absolute Gasteiger partial charge is 0.315 e. The fourth-order valence-corrected chi connectivity index (χ4v) is 1.54. The quantitative estimate of drug-likeness (QED) is 0.810. The van der Waals surface area contributed by atoms with Gasteiger partial charge in [0.25, 0.3) is 0 Å². The number of nitrogens with zero attached hydrogens (tertiary/aromatic N) is 1. The lowest BCUT2D eigenvalue weighted by Gasteiger charge is -2.19. The minimum atomic E-state index is -1.14. The number of carbonyl (C=O) groups excluding carboxylic acids is 1. The summed E-state index contributed by atoms with van der Waals surface area (Å²) in [6.07, 6.45) is 0.492. The van der Waals surface area contributed by atoms with Crippen molar-refractivity contribution in [3.05, 3.63) is 35.6 Å². The Morgan fingerprint density at radius 3 is 2.67 bits per heavy atom. The molecule has 0 spiro atoms. The van der Waals surface area contributed by atoms with Crippen LogP contribution in [0.1, 0.15) is 12.5 Å². The Morgan fingerprint density at radius 1 is 1.44 bits per heavy atom. The fourth-order valence-electron chi connectivity index (χ4n) is 1.54. The Kier molecular flexibility index (Phi) is 4.83. The van der Waals surface area contributed by atoms with E-state index in [2.05, 4.69) is 0 Å². The van der Waals surface area contributed by atoms with E-state index in [1.54, 1.807) is 19.2 Å². The molecule has 18 heavy (non-hydrogen) atoms. The normalized spacial score (nSPS) is 11.9. The van der Waals surface area contributed by atoms with E-state index in [9.17, 15) is 14.0 Å². The number of likely N-dealkylation sites (N-methyl/N-ethyl adjacent to an activating group) is 1. The van der Waals surface area contributed by atoms with Gasteiger partial charge in [-0.1, -0.05) is 12.1 Å². The Bertz CT molecular complexity index is 448. The number of hydrogen-bond acceptors (Lipinski definition) is 2. The van der Waals surface area contributed by atoms with E-state index < -0.39 is 17.8 Å². The topological polar surface area (TPSA) is 57.6 Å². The second kappa shape index (κ2) is 6.14. The summed E-state index contributed by atoms with van der Waals surface area (Å²) < 4.78 is 12.9. The van der Waals surface area contributed by atoms with Crippen LogP contribution in [0.3, 0.4) is 0 Å². The molecule has 0 saturated heterocycles. The van der Waals surface area contributed by atoms with Crippen LogP contribution in [0.25, 0.3) is 0 Å². The van der Waals surface area contributed by atoms with Crippen molar-refractivity contribution in [2.24, 2.45) is 5.92 Å². The van der Waals surface area contributed by atoms with Gasteiger partial charge in [-0.15, -0.1) is 0 Å². The molecule has 1 rings (SSSR count). The third-order valence-electron chi connectivity index (χ3n) is 2.74. The molecule has 0 saturated carbocycles. The maximum Gasteiger partial charge on any atom is 0.315 e. The van der Waals surface area contributed by atoms with Gasteiger partial charge in [0.1, 0.15) is 11.7 Å². The number of carboxylic acid groups (broad SMARTS) is 1. The number of carbonyl (C=O) groups is 2. The monoisotopic (exact) mass is 253 g/mol. The van der Waals surface area contributed by atoms with Crippen LogP contribution in [0.15, 0.2) is 24.3 Å². The first-order valence-electron chi connectivity index (χ1n) is 5.64. The number of benzene rings is 1. The molecule has 0 fully saturated rings. The second-order valence-electron chi connectivity index (χ2n) is 4.20. The molecule has 1 aromatic rings. The van der Waals surface area contributed by atoms with E-state index in [0.29, 0.717) is 13.0 Å². The molecule has 0 aliphatic rings. The average Bonchev–Trinajstić information content (AvgIpc) is 2.34. The first-order chi connectivity index (χ1) is 8.41. The molecular formula is C13H16FNO3. The molecule has 98 valence electrons. The SMILES string of the molecule is CC(C(=O)O)C(=O)N(C)CCc1cccc(F)c1. The Morgan fingerprint density at radius 2 is 2.11 bits per heavy atom. The fraction of sp³-hybridized carbons (Fsp3) is 0.385. The van der Waals surface area contributed by atoms with Crippen molar-refractivity contribution in [1.82, 2.24) is 4.90 Å². The van der Waals surface area contributed by atoms with Gasteiger partial charge in [-0.3, -0.25) is 9.59 Å². The van der Waals surface area contributed by atoms with E-state index in [4.69, 9.17) is 5.11 Å². The molecule has 0 aromatic heterocycles. The van der Waals surface area contributed by atoms with Gasteiger partial charge in [0.15, 0.2) is 0 Å². The standard InChI is InChI=1S/C13H16FNO3/c1-9(13(17)18)12(16)15(2)7-6-10-4-3-5-11(14)8-10/h3-5,8-9H,6-7H2,1-2H3,(H,17,18). The number of aliphatic carboxylic acids is 1. The largest absolute Gasteiger partial charge is 0.481 e. The summed E-state index contributed by atoms with van der Waals surface area (Å²) >= 11 is 0. The maximum absolute atomic E-state index is 12.9.